The first-order chi connectivity index (χ1) is 14.0. The van der Waals surface area contributed by atoms with E-state index in [1.165, 1.54) is 0 Å². The fourth-order valence-corrected chi connectivity index (χ4v) is 3.59. The van der Waals surface area contributed by atoms with Crippen molar-refractivity contribution in [2.75, 3.05) is 5.32 Å². The van der Waals surface area contributed by atoms with Gasteiger partial charge in [-0.3, -0.25) is 9.78 Å². The van der Waals surface area contributed by atoms with Gasteiger partial charge in [0.25, 0.3) is 5.91 Å². The van der Waals surface area contributed by atoms with Crippen LogP contribution >= 0.6 is 15.9 Å². The van der Waals surface area contributed by atoms with Crippen molar-refractivity contribution in [2.45, 2.75) is 20.6 Å². The molecule has 1 N–H and O–H groups in total. The maximum absolute atomic E-state index is 12.7. The van der Waals surface area contributed by atoms with Gasteiger partial charge in [-0.1, -0.05) is 28.1 Å². The largest absolute Gasteiger partial charge is 0.471 e. The molecule has 0 bridgehead atoms. The molecule has 7 heteroatoms. The Kier molecular flexibility index (Phi) is 5.31. The van der Waals surface area contributed by atoms with Gasteiger partial charge in [0.2, 0.25) is 0 Å². The molecule has 6 nitrogen and oxygen atoms in total. The molecule has 146 valence electrons. The minimum absolute atomic E-state index is 0.221. The second kappa shape index (κ2) is 8.05. The number of halogens is 1. The summed E-state index contributed by atoms with van der Waals surface area (Å²) in [6, 6.07) is 15.2. The molecule has 0 unspecified atom stereocenters. The summed E-state index contributed by atoms with van der Waals surface area (Å²) in [5.41, 5.74) is 3.93. The van der Waals surface area contributed by atoms with Crippen LogP contribution in [0.2, 0.25) is 0 Å². The monoisotopic (exact) mass is 450 g/mol. The van der Waals surface area contributed by atoms with Crippen LogP contribution in [-0.4, -0.2) is 20.7 Å². The van der Waals surface area contributed by atoms with Crippen LogP contribution in [0.3, 0.4) is 0 Å². The van der Waals surface area contributed by atoms with E-state index in [4.69, 9.17) is 4.74 Å². The second-order valence-corrected chi connectivity index (χ2v) is 7.64. The number of amides is 1. The molecule has 4 aromatic rings. The second-order valence-electron chi connectivity index (χ2n) is 6.79. The van der Waals surface area contributed by atoms with Crippen molar-refractivity contribution in [2.24, 2.45) is 0 Å². The summed E-state index contributed by atoms with van der Waals surface area (Å²) < 4.78 is 8.30. The van der Waals surface area contributed by atoms with Crippen LogP contribution in [0.15, 0.2) is 65.4 Å². The molecule has 4 rings (SSSR count). The van der Waals surface area contributed by atoms with E-state index in [1.54, 1.807) is 23.1 Å². The number of anilines is 1. The summed E-state index contributed by atoms with van der Waals surface area (Å²) in [7, 11) is 0. The zero-order valence-corrected chi connectivity index (χ0v) is 17.6. The van der Waals surface area contributed by atoms with Crippen LogP contribution in [0.4, 0.5) is 5.69 Å². The molecule has 0 fully saturated rings. The summed E-state index contributed by atoms with van der Waals surface area (Å²) >= 11 is 3.51. The molecule has 2 aromatic heterocycles. The highest BCUT2D eigenvalue weighted by molar-refractivity contribution is 9.10. The Morgan fingerprint density at radius 2 is 1.93 bits per heavy atom. The van der Waals surface area contributed by atoms with E-state index < -0.39 is 0 Å². The molecule has 0 radical (unpaired) electrons. The van der Waals surface area contributed by atoms with Crippen molar-refractivity contribution < 1.29 is 9.53 Å². The van der Waals surface area contributed by atoms with E-state index in [9.17, 15) is 4.79 Å². The Labute approximate surface area is 176 Å². The highest BCUT2D eigenvalue weighted by atomic mass is 79.9. The maximum atomic E-state index is 12.7. The number of aromatic nitrogens is 3. The zero-order chi connectivity index (χ0) is 20.4. The summed E-state index contributed by atoms with van der Waals surface area (Å²) in [4.78, 5) is 17.0. The van der Waals surface area contributed by atoms with Crippen LogP contribution in [-0.2, 0) is 6.73 Å². The zero-order valence-electron chi connectivity index (χ0n) is 16.0. The Bertz CT molecular complexity index is 1180. The number of pyridine rings is 1. The summed E-state index contributed by atoms with van der Waals surface area (Å²) in [5, 5.41) is 8.13. The van der Waals surface area contributed by atoms with Crippen LogP contribution < -0.4 is 10.1 Å². The molecule has 0 saturated heterocycles. The number of carbonyl (C=O) groups is 1. The predicted molar refractivity (Wildman–Crippen MR) is 116 cm³/mol. The van der Waals surface area contributed by atoms with Gasteiger partial charge < -0.3 is 10.1 Å². The average molecular weight is 451 g/mol. The van der Waals surface area contributed by atoms with Gasteiger partial charge in [-0.05, 0) is 61.4 Å². The van der Waals surface area contributed by atoms with E-state index in [1.807, 2.05) is 50.2 Å². The molecule has 0 saturated carbocycles. The van der Waals surface area contributed by atoms with Crippen molar-refractivity contribution >= 4 is 38.4 Å². The van der Waals surface area contributed by atoms with Crippen molar-refractivity contribution in [1.82, 2.24) is 14.8 Å². The summed E-state index contributed by atoms with van der Waals surface area (Å²) in [5.74, 6) is 0.473. The Balaban J connectivity index is 1.47. The van der Waals surface area contributed by atoms with Gasteiger partial charge in [0.1, 0.15) is 5.75 Å². The van der Waals surface area contributed by atoms with E-state index in [2.05, 4.69) is 37.4 Å². The Morgan fingerprint density at radius 1 is 1.14 bits per heavy atom. The van der Waals surface area contributed by atoms with Gasteiger partial charge in [-0.15, -0.1) is 0 Å². The Morgan fingerprint density at radius 3 is 2.72 bits per heavy atom. The Hall–Kier alpha value is -3.19. The number of nitrogens with one attached hydrogen (secondary N) is 1. The lowest BCUT2D eigenvalue weighted by molar-refractivity contribution is 0.102. The molecule has 0 aliphatic heterocycles. The van der Waals surface area contributed by atoms with Crippen molar-refractivity contribution in [3.63, 3.8) is 0 Å². The predicted octanol–water partition coefficient (Wildman–Crippen LogP) is 5.10. The highest BCUT2D eigenvalue weighted by Gasteiger charge is 2.13. The summed E-state index contributed by atoms with van der Waals surface area (Å²) in [6.07, 6.45) is 3.42. The molecule has 29 heavy (non-hydrogen) atoms. The van der Waals surface area contributed by atoms with Gasteiger partial charge in [-0.2, -0.15) is 5.10 Å². The lowest BCUT2D eigenvalue weighted by atomic mass is 10.1. The standard InChI is InChI=1S/C22H19BrN4O2/c1-14-10-15(2)12-16(11-14)29-13-27-9-7-20(26-27)22(28)25-19-6-5-18(23)17-4-3-8-24-21(17)19/h3-12H,13H2,1-2H3,(H,25,28). The van der Waals surface area contributed by atoms with Gasteiger partial charge in [0, 0.05) is 22.3 Å². The molecule has 1 amide bonds. The molecule has 0 aliphatic carbocycles. The van der Waals surface area contributed by atoms with Crippen LogP contribution in [0.25, 0.3) is 10.9 Å². The van der Waals surface area contributed by atoms with Gasteiger partial charge in [0.15, 0.2) is 12.4 Å². The minimum Gasteiger partial charge on any atom is -0.471 e. The molecular formula is C22H19BrN4O2. The van der Waals surface area contributed by atoms with Crippen molar-refractivity contribution in [1.29, 1.82) is 0 Å². The lowest BCUT2D eigenvalue weighted by Crippen LogP contribution is -2.14. The molecule has 0 atom stereocenters. The molecule has 2 aromatic carbocycles. The van der Waals surface area contributed by atoms with Gasteiger partial charge >= 0.3 is 0 Å². The smallest absolute Gasteiger partial charge is 0.276 e. The lowest BCUT2D eigenvalue weighted by Gasteiger charge is -2.09. The molecule has 0 aliphatic rings. The van der Waals surface area contributed by atoms with Crippen molar-refractivity contribution in [3.8, 4) is 5.75 Å². The molecular weight excluding hydrogens is 432 g/mol. The van der Waals surface area contributed by atoms with Crippen LogP contribution in [0.1, 0.15) is 21.6 Å². The van der Waals surface area contributed by atoms with E-state index in [0.717, 1.165) is 26.7 Å². The third-order valence-corrected chi connectivity index (χ3v) is 5.09. The van der Waals surface area contributed by atoms with Crippen LogP contribution in [0.5, 0.6) is 5.75 Å². The molecule has 0 spiro atoms. The quantitative estimate of drug-likeness (QED) is 0.459. The number of hydrogen-bond acceptors (Lipinski definition) is 4. The first-order valence-electron chi connectivity index (χ1n) is 9.09. The number of hydrogen-bond donors (Lipinski definition) is 1. The summed E-state index contributed by atoms with van der Waals surface area (Å²) in [6.45, 7) is 4.27. The molecule has 2 heterocycles. The van der Waals surface area contributed by atoms with Gasteiger partial charge in [-0.25, -0.2) is 4.68 Å². The van der Waals surface area contributed by atoms with E-state index in [-0.39, 0.29) is 12.6 Å². The number of rotatable bonds is 5. The van der Waals surface area contributed by atoms with Crippen molar-refractivity contribution in [3.05, 3.63) is 82.2 Å². The number of carbonyl (C=O) groups excluding carboxylic acids is 1. The first kappa shape index (κ1) is 19.1. The third-order valence-electron chi connectivity index (χ3n) is 4.40. The maximum Gasteiger partial charge on any atom is 0.276 e. The number of ether oxygens (including phenoxy) is 1. The SMILES string of the molecule is Cc1cc(C)cc(OCn2ccc(C(=O)Nc3ccc(Br)c4cccnc34)n2)c1. The van der Waals surface area contributed by atoms with Gasteiger partial charge in [0.05, 0.1) is 11.2 Å². The number of nitrogens with zero attached hydrogens (tertiary/aromatic N) is 3. The highest BCUT2D eigenvalue weighted by Crippen LogP contribution is 2.28. The number of aryl methyl sites for hydroxylation is 2. The number of fused-ring (bicyclic) bond motifs is 1. The normalized spacial score (nSPS) is 10.9. The van der Waals surface area contributed by atoms with E-state index >= 15 is 0 Å². The fourth-order valence-electron chi connectivity index (χ4n) is 3.14. The average Bonchev–Trinajstić information content (AvgIpc) is 3.17. The topological polar surface area (TPSA) is 69.0 Å². The minimum atomic E-state index is -0.301. The first-order valence-corrected chi connectivity index (χ1v) is 9.88. The fraction of sp³-hybridized carbons (Fsp3) is 0.136. The third kappa shape index (κ3) is 4.30. The number of benzene rings is 2. The van der Waals surface area contributed by atoms with Crippen LogP contribution in [0, 0.1) is 13.8 Å². The van der Waals surface area contributed by atoms with E-state index in [0.29, 0.717) is 16.9 Å².